The first kappa shape index (κ1) is 43.2. The van der Waals surface area contributed by atoms with Gasteiger partial charge in [-0.05, 0) is 84.7 Å². The van der Waals surface area contributed by atoms with Gasteiger partial charge in [-0.15, -0.1) is 0 Å². The van der Waals surface area contributed by atoms with Crippen LogP contribution in [0.5, 0.6) is 0 Å². The van der Waals surface area contributed by atoms with Crippen molar-refractivity contribution >= 4 is 17.5 Å². The van der Waals surface area contributed by atoms with Crippen LogP contribution in [0.3, 0.4) is 0 Å². The lowest BCUT2D eigenvalue weighted by Crippen LogP contribution is -2.61. The fraction of sp³-hybridized carbons (Fsp3) is 0.732. The maximum absolute atomic E-state index is 18.3. The number of benzene rings is 1. The number of halogens is 1. The zero-order chi connectivity index (χ0) is 41.4. The van der Waals surface area contributed by atoms with Gasteiger partial charge in [0.25, 0.3) is 0 Å². The molecule has 5 heterocycles. The minimum absolute atomic E-state index is 0.0886. The van der Waals surface area contributed by atoms with Crippen molar-refractivity contribution in [2.24, 2.45) is 28.8 Å². The Hall–Kier alpha value is -3.38. The van der Waals surface area contributed by atoms with Crippen molar-refractivity contribution in [3.05, 3.63) is 42.5 Å². The minimum atomic E-state index is -2.74. The summed E-state index contributed by atoms with van der Waals surface area (Å²) in [6.07, 6.45) is -1.25. The lowest BCUT2D eigenvalue weighted by molar-refractivity contribution is -0.319. The Bertz CT molecular complexity index is 1730. The fourth-order valence-corrected chi connectivity index (χ4v) is 9.16. The lowest BCUT2D eigenvalue weighted by atomic mass is 9.74. The van der Waals surface area contributed by atoms with Gasteiger partial charge in [-0.1, -0.05) is 45.0 Å². The van der Waals surface area contributed by atoms with Gasteiger partial charge in [0.15, 0.2) is 17.7 Å². The van der Waals surface area contributed by atoms with Crippen LogP contribution in [0.15, 0.2) is 42.1 Å². The van der Waals surface area contributed by atoms with Gasteiger partial charge in [0.2, 0.25) is 5.85 Å². The third-order valence-corrected chi connectivity index (χ3v) is 12.6. The summed E-state index contributed by atoms with van der Waals surface area (Å²) in [6, 6.07) is 7.16. The molecule has 0 saturated carbocycles. The van der Waals surface area contributed by atoms with E-state index in [1.54, 1.807) is 31.8 Å². The van der Waals surface area contributed by atoms with Gasteiger partial charge in [-0.25, -0.2) is 14.1 Å². The summed E-state index contributed by atoms with van der Waals surface area (Å²) in [5.74, 6) is -7.47. The molecule has 0 aliphatic carbocycles. The summed E-state index contributed by atoms with van der Waals surface area (Å²) in [4.78, 5) is 39.8. The zero-order valence-electron chi connectivity index (χ0n) is 34.8. The zero-order valence-corrected chi connectivity index (χ0v) is 34.8. The number of aliphatic hydroxyl groups excluding tert-OH is 1. The highest BCUT2D eigenvalue weighted by Crippen LogP contribution is 2.48. The first-order valence-corrected chi connectivity index (χ1v) is 20.1. The molecule has 16 heteroatoms. The highest BCUT2D eigenvalue weighted by atomic mass is 19.2. The number of aliphatic hydroxyl groups is 1. The van der Waals surface area contributed by atoms with Crippen molar-refractivity contribution in [1.82, 2.24) is 19.7 Å². The second kappa shape index (κ2) is 17.1. The number of ether oxygens (including phenoxy) is 6. The molecule has 4 aliphatic rings. The summed E-state index contributed by atoms with van der Waals surface area (Å²) in [5.41, 5.74) is -0.941. The van der Waals surface area contributed by atoms with Gasteiger partial charge in [-0.2, -0.15) is 5.10 Å². The van der Waals surface area contributed by atoms with Crippen molar-refractivity contribution in [3.8, 4) is 5.69 Å². The number of rotatable bonds is 8. The van der Waals surface area contributed by atoms with Gasteiger partial charge >= 0.3 is 5.97 Å². The number of Topliss-reactive ketones (excluding diaryl/α,β-unsaturated/α-hetero) is 1. The van der Waals surface area contributed by atoms with Crippen LogP contribution in [0.2, 0.25) is 0 Å². The number of ketones is 1. The summed E-state index contributed by atoms with van der Waals surface area (Å²) >= 11 is 0. The fourth-order valence-electron chi connectivity index (χ4n) is 9.16. The smallest absolute Gasteiger partial charge is 0.314 e. The molecule has 4 bridgehead atoms. The number of carbonyl (C=O) groups is 2. The molecule has 4 fully saturated rings. The van der Waals surface area contributed by atoms with Crippen molar-refractivity contribution in [2.75, 3.05) is 27.3 Å². The first-order chi connectivity index (χ1) is 26.9. The molecule has 4 aliphatic heterocycles. The molecular formula is C41H60FN5O10. The van der Waals surface area contributed by atoms with Crippen LogP contribution in [-0.4, -0.2) is 129 Å². The number of alkyl halides is 1. The second-order valence-electron chi connectivity index (χ2n) is 17.0. The summed E-state index contributed by atoms with van der Waals surface area (Å²) in [5, 5.41) is 20.1. The topological polar surface area (TPSA) is 165 Å². The number of oxime groups is 1. The first-order valence-electron chi connectivity index (χ1n) is 20.1. The molecule has 0 spiro atoms. The molecule has 4 saturated heterocycles. The average molecular weight is 802 g/mol. The van der Waals surface area contributed by atoms with Crippen LogP contribution in [0.4, 0.5) is 4.39 Å². The maximum atomic E-state index is 18.3. The van der Waals surface area contributed by atoms with E-state index in [0.717, 1.165) is 11.3 Å². The number of hydrogen-bond donors (Lipinski definition) is 1. The van der Waals surface area contributed by atoms with E-state index in [-0.39, 0.29) is 62.2 Å². The van der Waals surface area contributed by atoms with E-state index in [1.807, 2.05) is 71.0 Å². The molecule has 15 nitrogen and oxygen atoms in total. The van der Waals surface area contributed by atoms with Crippen molar-refractivity contribution < 1.29 is 52.3 Å². The lowest BCUT2D eigenvalue weighted by Gasteiger charge is -2.49. The SMILES string of the molecule is CC[C@H]1OC(=O)[C@H](C)[C@@]2(F)OC/C(=N\OCc3ccc(-n4cncn4)cc3)CO[C@](C)(C[C@@H](C)C3OC1(C)C(=O)C3C)[C@H](O[C@@H]1O[C@H](C)C[C@H](N(C)C)[C@H]1O)[C@@H]2C. The standard InChI is InChI=1S/C41H60FN5O10/c1-11-32-40(8)35(49)25(4)34(57-40)23(2)17-39(7)36(56-38-33(48)31(46(9)10)16-24(3)54-38)26(5)41(42,27(6)37(50)55-32)52-20-29(19-51-39)45-53-18-28-12-14-30(15-13-28)47-22-43-21-44-47/h12-15,21-27,31-34,36,38,48H,11,16-20H2,1-10H3/b45-29-/t23-,24-,25?,26+,27+,31+,32-,33-,34?,36-,38+,39-,40?,41+/m1/s1. The Morgan fingerprint density at radius 2 is 1.77 bits per heavy atom. The Balaban J connectivity index is 1.39. The normalized spacial score (nSPS) is 41.4. The van der Waals surface area contributed by atoms with E-state index in [2.05, 4.69) is 15.2 Å². The minimum Gasteiger partial charge on any atom is -0.458 e. The summed E-state index contributed by atoms with van der Waals surface area (Å²) in [6.45, 7) is 13.5. The van der Waals surface area contributed by atoms with Crippen LogP contribution in [-0.2, 0) is 49.5 Å². The van der Waals surface area contributed by atoms with Crippen LogP contribution in [0, 0.1) is 23.7 Å². The number of fused-ring (bicyclic) bond motifs is 5. The van der Waals surface area contributed by atoms with Gasteiger partial charge < -0.3 is 43.3 Å². The number of carbonyl (C=O) groups excluding carboxylic acids is 2. The number of esters is 1. The number of hydrogen-bond acceptors (Lipinski definition) is 14. The molecule has 14 atom stereocenters. The Kier molecular flexibility index (Phi) is 12.9. The predicted octanol–water partition coefficient (Wildman–Crippen LogP) is 4.42. The molecule has 1 N–H and O–H groups in total. The van der Waals surface area contributed by atoms with Crippen LogP contribution >= 0.6 is 0 Å². The molecule has 1 aromatic carbocycles. The van der Waals surface area contributed by atoms with E-state index in [9.17, 15) is 14.7 Å². The Labute approximate surface area is 334 Å². The molecule has 2 aromatic rings. The third kappa shape index (κ3) is 8.54. The number of cyclic esters (lactones) is 1. The maximum Gasteiger partial charge on any atom is 0.314 e. The summed E-state index contributed by atoms with van der Waals surface area (Å²) in [7, 11) is 3.74. The van der Waals surface area contributed by atoms with Crippen LogP contribution in [0.1, 0.15) is 80.2 Å². The van der Waals surface area contributed by atoms with E-state index in [0.29, 0.717) is 6.42 Å². The third-order valence-electron chi connectivity index (χ3n) is 12.6. The largest absolute Gasteiger partial charge is 0.458 e. The molecule has 1 aromatic heterocycles. The quantitative estimate of drug-likeness (QED) is 0.295. The van der Waals surface area contributed by atoms with Crippen molar-refractivity contribution in [2.45, 2.75) is 141 Å². The molecule has 6 rings (SSSR count). The summed E-state index contributed by atoms with van der Waals surface area (Å²) < 4.78 is 58.6. The number of nitrogens with zero attached hydrogens (tertiary/aromatic N) is 5. The molecule has 316 valence electrons. The van der Waals surface area contributed by atoms with Gasteiger partial charge in [0, 0.05) is 17.9 Å². The molecule has 57 heavy (non-hydrogen) atoms. The number of likely N-dealkylation sites (N-methyl/N-ethyl adjacent to an activating group) is 1. The van der Waals surface area contributed by atoms with E-state index < -0.39 is 71.5 Å². The van der Waals surface area contributed by atoms with Crippen molar-refractivity contribution in [3.63, 3.8) is 0 Å². The van der Waals surface area contributed by atoms with E-state index in [4.69, 9.17) is 33.3 Å². The van der Waals surface area contributed by atoms with Gasteiger partial charge in [0.05, 0.1) is 42.8 Å². The second-order valence-corrected chi connectivity index (χ2v) is 17.0. The Morgan fingerprint density at radius 1 is 1.07 bits per heavy atom. The molecule has 3 unspecified atom stereocenters. The van der Waals surface area contributed by atoms with Gasteiger partial charge in [0.1, 0.15) is 43.1 Å². The van der Waals surface area contributed by atoms with Crippen molar-refractivity contribution in [1.29, 1.82) is 0 Å². The number of aromatic nitrogens is 3. The predicted molar refractivity (Wildman–Crippen MR) is 205 cm³/mol. The van der Waals surface area contributed by atoms with E-state index >= 15 is 4.39 Å². The monoisotopic (exact) mass is 801 g/mol. The molecule has 0 amide bonds. The highest BCUT2D eigenvalue weighted by molar-refractivity contribution is 5.92. The van der Waals surface area contributed by atoms with Gasteiger partial charge in [-0.3, -0.25) is 9.59 Å². The molecular weight excluding hydrogens is 741 g/mol. The molecule has 0 radical (unpaired) electrons. The Morgan fingerprint density at radius 3 is 2.42 bits per heavy atom. The van der Waals surface area contributed by atoms with Crippen LogP contribution in [0.25, 0.3) is 5.69 Å². The van der Waals surface area contributed by atoms with E-state index in [1.165, 1.54) is 13.3 Å². The average Bonchev–Trinajstić information content (AvgIpc) is 3.81. The highest BCUT2D eigenvalue weighted by Gasteiger charge is 2.61. The van der Waals surface area contributed by atoms with Crippen LogP contribution < -0.4 is 0 Å².